The Bertz CT molecular complexity index is 1680. The Morgan fingerprint density at radius 2 is 1.96 bits per heavy atom. The Labute approximate surface area is 270 Å². The van der Waals surface area contributed by atoms with E-state index in [0.717, 1.165) is 25.8 Å². The number of hydrogen-bond donors (Lipinski definition) is 3. The highest BCUT2D eigenvalue weighted by Crippen LogP contribution is 2.59. The van der Waals surface area contributed by atoms with Crippen LogP contribution in [0.15, 0.2) is 47.6 Å². The minimum absolute atomic E-state index is 0.0498. The number of amides is 1. The van der Waals surface area contributed by atoms with Crippen molar-refractivity contribution < 1.29 is 31.1 Å². The van der Waals surface area contributed by atoms with E-state index >= 15 is 0 Å². The Kier molecular flexibility index (Phi) is 9.58. The van der Waals surface area contributed by atoms with Crippen molar-refractivity contribution in [2.45, 2.75) is 82.1 Å². The molecule has 0 radical (unpaired) electrons. The van der Waals surface area contributed by atoms with Crippen molar-refractivity contribution >= 4 is 33.3 Å². The van der Waals surface area contributed by atoms with Crippen LogP contribution in [0, 0.1) is 11.3 Å². The molecule has 250 valence electrons. The minimum atomic E-state index is -4.35. The Balaban J connectivity index is 1.16. The fourth-order valence-electron chi connectivity index (χ4n) is 5.59. The summed E-state index contributed by atoms with van der Waals surface area (Å²) in [7, 11) is -4.35. The number of alkyl halides is 3. The summed E-state index contributed by atoms with van der Waals surface area (Å²) in [6.45, 7) is 7.22. The van der Waals surface area contributed by atoms with Crippen LogP contribution in [-0.2, 0) is 10.0 Å². The van der Waals surface area contributed by atoms with Crippen LogP contribution in [0.25, 0.3) is 5.82 Å². The van der Waals surface area contributed by atoms with Crippen LogP contribution >= 0.6 is 11.6 Å². The van der Waals surface area contributed by atoms with Crippen molar-refractivity contribution in [3.63, 3.8) is 0 Å². The maximum Gasteiger partial charge on any atom is 0.394 e. The number of halogens is 4. The molecular formula is C30H37ClF3N7O4S. The molecular weight excluding hydrogens is 647 g/mol. The fourth-order valence-corrected chi connectivity index (χ4v) is 6.76. The maximum absolute atomic E-state index is 13.1. The van der Waals surface area contributed by atoms with Crippen LogP contribution in [0.3, 0.4) is 0 Å². The molecule has 3 aromatic rings. The van der Waals surface area contributed by atoms with Gasteiger partial charge in [0.25, 0.3) is 15.9 Å². The summed E-state index contributed by atoms with van der Waals surface area (Å²) in [6.07, 6.45) is 0.239. The van der Waals surface area contributed by atoms with Gasteiger partial charge in [-0.2, -0.15) is 21.6 Å². The van der Waals surface area contributed by atoms with Crippen molar-refractivity contribution in [2.24, 2.45) is 11.3 Å². The Hall–Kier alpha value is -3.43. The number of sulfonamides is 1. The highest BCUT2D eigenvalue weighted by molar-refractivity contribution is 7.90. The zero-order valence-electron chi connectivity index (χ0n) is 25.7. The quantitative estimate of drug-likeness (QED) is 0.199. The average Bonchev–Trinajstić information content (AvgIpc) is 3.49. The first kappa shape index (κ1) is 33.9. The zero-order valence-corrected chi connectivity index (χ0v) is 27.3. The highest BCUT2D eigenvalue weighted by atomic mass is 35.5. The number of nitrogens with zero attached hydrogens (tertiary/aromatic N) is 4. The van der Waals surface area contributed by atoms with Gasteiger partial charge >= 0.3 is 6.18 Å². The fraction of sp³-hybridized carbons (Fsp3) is 0.533. The van der Waals surface area contributed by atoms with Crippen molar-refractivity contribution in [3.05, 3.63) is 53.3 Å². The van der Waals surface area contributed by atoms with E-state index in [0.29, 0.717) is 11.7 Å². The van der Waals surface area contributed by atoms with E-state index in [-0.39, 0.29) is 64.9 Å². The number of rotatable bonds is 13. The molecule has 2 aliphatic rings. The van der Waals surface area contributed by atoms with Gasteiger partial charge in [0.05, 0.1) is 17.6 Å². The molecule has 1 aliphatic carbocycles. The third kappa shape index (κ3) is 8.10. The Morgan fingerprint density at radius 1 is 1.20 bits per heavy atom. The van der Waals surface area contributed by atoms with Gasteiger partial charge in [0.15, 0.2) is 10.8 Å². The van der Waals surface area contributed by atoms with E-state index < -0.39 is 27.5 Å². The molecule has 16 heteroatoms. The molecule has 11 nitrogen and oxygen atoms in total. The van der Waals surface area contributed by atoms with Crippen molar-refractivity contribution in [2.75, 3.05) is 18.5 Å². The number of pyridine rings is 2. The van der Waals surface area contributed by atoms with Crippen LogP contribution in [-0.4, -0.2) is 65.0 Å². The SMILES string of the molecule is CC(CCC1CNC(C)(C)C1)Nc1cccc(S(=O)(=O)NC(=O)c2ccc(-n3ccc(OCCC4(C(F)(F)F)CC4)n3)nc2Cl)n1. The summed E-state index contributed by atoms with van der Waals surface area (Å²) in [5, 5.41) is 10.3. The molecule has 0 bridgehead atoms. The van der Waals surface area contributed by atoms with Gasteiger partial charge < -0.3 is 15.4 Å². The van der Waals surface area contributed by atoms with Crippen molar-refractivity contribution in [3.8, 4) is 11.7 Å². The molecule has 2 fully saturated rings. The van der Waals surface area contributed by atoms with E-state index in [1.54, 1.807) is 6.07 Å². The van der Waals surface area contributed by atoms with Gasteiger partial charge in [0.1, 0.15) is 11.0 Å². The second-order valence-electron chi connectivity index (χ2n) is 12.7. The zero-order chi connectivity index (χ0) is 33.3. The van der Waals surface area contributed by atoms with Crippen LogP contribution in [0.2, 0.25) is 5.15 Å². The second-order valence-corrected chi connectivity index (χ2v) is 14.7. The number of carbonyl (C=O) groups is 1. The third-order valence-electron chi connectivity index (χ3n) is 8.46. The highest BCUT2D eigenvalue weighted by Gasteiger charge is 2.62. The lowest BCUT2D eigenvalue weighted by Gasteiger charge is -2.19. The molecule has 0 aromatic carbocycles. The third-order valence-corrected chi connectivity index (χ3v) is 9.98. The summed E-state index contributed by atoms with van der Waals surface area (Å²) < 4.78 is 74.1. The lowest BCUT2D eigenvalue weighted by atomic mass is 9.92. The topological polar surface area (TPSA) is 140 Å². The summed E-state index contributed by atoms with van der Waals surface area (Å²) in [5.41, 5.74) is -1.73. The monoisotopic (exact) mass is 683 g/mol. The van der Waals surface area contributed by atoms with Crippen LogP contribution in [0.1, 0.15) is 69.7 Å². The lowest BCUT2D eigenvalue weighted by Crippen LogP contribution is -2.31. The summed E-state index contributed by atoms with van der Waals surface area (Å²) in [6, 6.07) is 8.66. The van der Waals surface area contributed by atoms with Gasteiger partial charge in [-0.15, -0.1) is 5.10 Å². The maximum atomic E-state index is 13.1. The summed E-state index contributed by atoms with van der Waals surface area (Å²) >= 11 is 6.24. The summed E-state index contributed by atoms with van der Waals surface area (Å²) in [4.78, 5) is 21.2. The molecule has 0 spiro atoms. The number of aromatic nitrogens is 4. The van der Waals surface area contributed by atoms with E-state index in [4.69, 9.17) is 16.3 Å². The number of anilines is 1. The van der Waals surface area contributed by atoms with Crippen molar-refractivity contribution in [1.82, 2.24) is 29.8 Å². The predicted octanol–water partition coefficient (Wildman–Crippen LogP) is 5.51. The summed E-state index contributed by atoms with van der Waals surface area (Å²) in [5.74, 6) is 0.212. The van der Waals surface area contributed by atoms with E-state index in [2.05, 4.69) is 39.5 Å². The first-order valence-corrected chi connectivity index (χ1v) is 16.9. The van der Waals surface area contributed by atoms with Gasteiger partial charge in [-0.1, -0.05) is 17.7 Å². The second kappa shape index (κ2) is 13.0. The molecule has 2 atom stereocenters. The average molecular weight is 684 g/mol. The number of hydrogen-bond acceptors (Lipinski definition) is 9. The van der Waals surface area contributed by atoms with Crippen LogP contribution < -0.4 is 20.1 Å². The van der Waals surface area contributed by atoms with E-state index in [9.17, 15) is 26.4 Å². The molecule has 46 heavy (non-hydrogen) atoms. The normalized spacial score (nSPS) is 19.4. The molecule has 1 aliphatic heterocycles. The Morgan fingerprint density at radius 3 is 2.61 bits per heavy atom. The standard InChI is InChI=1S/C30H37ClF3N7O4S/c1-19(7-8-20-17-28(2,3)35-18-20)36-22-5-4-6-25(37-22)46(43,44)40-27(42)21-9-10-23(38-26(21)31)41-15-11-24(39-41)45-16-14-29(12-13-29)30(32,33)34/h4-6,9-11,15,19-20,35H,7-8,12-14,16-18H2,1-3H3,(H,36,37)(H,40,42). The molecule has 1 saturated heterocycles. The smallest absolute Gasteiger partial charge is 0.394 e. The van der Waals surface area contributed by atoms with E-state index in [1.165, 1.54) is 41.2 Å². The number of carbonyl (C=O) groups excluding carboxylic acids is 1. The van der Waals surface area contributed by atoms with Crippen LogP contribution in [0.4, 0.5) is 19.0 Å². The molecule has 1 saturated carbocycles. The van der Waals surface area contributed by atoms with Crippen molar-refractivity contribution in [1.29, 1.82) is 0 Å². The van der Waals surface area contributed by atoms with Gasteiger partial charge in [-0.25, -0.2) is 19.4 Å². The molecule has 1 amide bonds. The molecule has 2 unspecified atom stereocenters. The first-order chi connectivity index (χ1) is 21.6. The molecule has 3 N–H and O–H groups in total. The van der Waals surface area contributed by atoms with Gasteiger partial charge in [-0.05, 0) is 96.0 Å². The van der Waals surface area contributed by atoms with E-state index in [1.807, 2.05) is 11.6 Å². The molecule has 5 rings (SSSR count). The molecule has 4 heterocycles. The molecule has 3 aromatic heterocycles. The van der Waals surface area contributed by atoms with Gasteiger partial charge in [-0.3, -0.25) is 4.79 Å². The van der Waals surface area contributed by atoms with Gasteiger partial charge in [0.2, 0.25) is 5.88 Å². The van der Waals surface area contributed by atoms with Crippen LogP contribution in [0.5, 0.6) is 5.88 Å². The largest absolute Gasteiger partial charge is 0.477 e. The minimum Gasteiger partial charge on any atom is -0.477 e. The lowest BCUT2D eigenvalue weighted by molar-refractivity contribution is -0.190. The van der Waals surface area contributed by atoms with Gasteiger partial charge in [0, 0.05) is 23.8 Å². The first-order valence-electron chi connectivity index (χ1n) is 15.0. The number of nitrogens with one attached hydrogen (secondary N) is 3. The number of ether oxygens (including phenoxy) is 1. The predicted molar refractivity (Wildman–Crippen MR) is 166 cm³/mol.